The number of ketones is 1. The molecule has 0 aliphatic carbocycles. The molecule has 0 aliphatic heterocycles. The zero-order valence-corrected chi connectivity index (χ0v) is 16.0. The quantitative estimate of drug-likeness (QED) is 0.444. The molecule has 0 heterocycles. The fourth-order valence-electron chi connectivity index (χ4n) is 2.73. The first-order valence-electron chi connectivity index (χ1n) is 9.09. The summed E-state index contributed by atoms with van der Waals surface area (Å²) in [5, 5.41) is 2.67. The van der Waals surface area contributed by atoms with Crippen molar-refractivity contribution in [2.45, 2.75) is 6.18 Å². The third kappa shape index (κ3) is 5.57. The Morgan fingerprint density at radius 1 is 0.774 bits per heavy atom. The molecular weight excluding hydrogens is 411 g/mol. The van der Waals surface area contributed by atoms with Gasteiger partial charge in [0.05, 0.1) is 11.1 Å². The number of halogens is 3. The van der Waals surface area contributed by atoms with Crippen molar-refractivity contribution in [1.82, 2.24) is 0 Å². The van der Waals surface area contributed by atoms with Crippen LogP contribution in [-0.4, -0.2) is 24.3 Å². The second-order valence-corrected chi connectivity index (χ2v) is 6.44. The van der Waals surface area contributed by atoms with Crippen LogP contribution < -0.4 is 5.32 Å². The van der Waals surface area contributed by atoms with Crippen LogP contribution >= 0.6 is 0 Å². The van der Waals surface area contributed by atoms with Crippen molar-refractivity contribution in [3.05, 3.63) is 101 Å². The van der Waals surface area contributed by atoms with Crippen molar-refractivity contribution in [3.63, 3.8) is 0 Å². The molecule has 0 spiro atoms. The lowest BCUT2D eigenvalue weighted by Crippen LogP contribution is -2.18. The molecule has 1 N–H and O–H groups in total. The highest BCUT2D eigenvalue weighted by Gasteiger charge is 2.35. The standard InChI is InChI=1S/C23H16F3NO4/c24-23(25,26)19-9-5-4-8-18(19)22(30)31-14-20(28)15-10-12-17(13-11-15)27-21(29)16-6-2-1-3-7-16/h1-13H,14H2,(H,27,29). The molecule has 158 valence electrons. The van der Waals surface area contributed by atoms with Gasteiger partial charge in [-0.15, -0.1) is 0 Å². The minimum absolute atomic E-state index is 0.176. The van der Waals surface area contributed by atoms with Gasteiger partial charge in [0, 0.05) is 16.8 Å². The molecule has 0 fully saturated rings. The molecule has 5 nitrogen and oxygen atoms in total. The van der Waals surface area contributed by atoms with Gasteiger partial charge in [0.25, 0.3) is 5.91 Å². The molecule has 0 radical (unpaired) electrons. The van der Waals surface area contributed by atoms with Crippen LogP contribution in [0.15, 0.2) is 78.9 Å². The third-order valence-corrected chi connectivity index (χ3v) is 4.29. The number of esters is 1. The van der Waals surface area contributed by atoms with Gasteiger partial charge in [-0.1, -0.05) is 30.3 Å². The molecule has 0 atom stereocenters. The van der Waals surface area contributed by atoms with Crippen molar-refractivity contribution in [3.8, 4) is 0 Å². The highest BCUT2D eigenvalue weighted by atomic mass is 19.4. The fraction of sp³-hybridized carbons (Fsp3) is 0.0870. The number of benzene rings is 3. The van der Waals surface area contributed by atoms with Gasteiger partial charge in [-0.05, 0) is 48.5 Å². The van der Waals surface area contributed by atoms with Crippen molar-refractivity contribution in [1.29, 1.82) is 0 Å². The lowest BCUT2D eigenvalue weighted by molar-refractivity contribution is -0.138. The summed E-state index contributed by atoms with van der Waals surface area (Å²) in [6, 6.07) is 18.5. The van der Waals surface area contributed by atoms with E-state index in [-0.39, 0.29) is 11.5 Å². The van der Waals surface area contributed by atoms with E-state index in [0.29, 0.717) is 11.3 Å². The molecule has 0 aliphatic rings. The van der Waals surface area contributed by atoms with Crippen LogP contribution in [0.5, 0.6) is 0 Å². The maximum absolute atomic E-state index is 13.0. The van der Waals surface area contributed by atoms with Crippen LogP contribution in [0.4, 0.5) is 18.9 Å². The number of alkyl halides is 3. The van der Waals surface area contributed by atoms with Gasteiger partial charge in [0.1, 0.15) is 0 Å². The number of Topliss-reactive ketones (excluding diaryl/α,β-unsaturated/α-hetero) is 1. The Labute approximate surface area is 175 Å². The predicted molar refractivity (Wildman–Crippen MR) is 107 cm³/mol. The lowest BCUT2D eigenvalue weighted by Gasteiger charge is -2.12. The Hall–Kier alpha value is -3.94. The zero-order valence-electron chi connectivity index (χ0n) is 16.0. The van der Waals surface area contributed by atoms with Gasteiger partial charge in [0.2, 0.25) is 0 Å². The van der Waals surface area contributed by atoms with Crippen LogP contribution in [0.1, 0.15) is 36.6 Å². The summed E-state index contributed by atoms with van der Waals surface area (Å²) >= 11 is 0. The van der Waals surface area contributed by atoms with Crippen molar-refractivity contribution in [2.24, 2.45) is 0 Å². The molecule has 0 aromatic heterocycles. The van der Waals surface area contributed by atoms with Crippen LogP contribution in [0, 0.1) is 0 Å². The fourth-order valence-corrected chi connectivity index (χ4v) is 2.73. The summed E-state index contributed by atoms with van der Waals surface area (Å²) in [6.45, 7) is -0.721. The summed E-state index contributed by atoms with van der Waals surface area (Å²) in [4.78, 5) is 36.4. The second-order valence-electron chi connectivity index (χ2n) is 6.44. The largest absolute Gasteiger partial charge is 0.454 e. The average Bonchev–Trinajstić information content (AvgIpc) is 2.77. The van der Waals surface area contributed by atoms with E-state index in [2.05, 4.69) is 5.32 Å². The normalized spacial score (nSPS) is 10.9. The molecule has 1 amide bonds. The number of ether oxygens (including phenoxy) is 1. The molecule has 3 aromatic rings. The Morgan fingerprint density at radius 2 is 1.39 bits per heavy atom. The Bertz CT molecular complexity index is 1090. The van der Waals surface area contributed by atoms with Crippen LogP contribution in [0.2, 0.25) is 0 Å². The first-order valence-corrected chi connectivity index (χ1v) is 9.09. The van der Waals surface area contributed by atoms with Gasteiger partial charge in [-0.3, -0.25) is 9.59 Å². The first-order chi connectivity index (χ1) is 14.8. The van der Waals surface area contributed by atoms with E-state index in [1.54, 1.807) is 30.3 Å². The van der Waals surface area contributed by atoms with Gasteiger partial charge in [-0.25, -0.2) is 4.79 Å². The van der Waals surface area contributed by atoms with Gasteiger partial charge in [0.15, 0.2) is 12.4 Å². The monoisotopic (exact) mass is 427 g/mol. The number of amides is 1. The van der Waals surface area contributed by atoms with E-state index >= 15 is 0 Å². The molecule has 0 saturated heterocycles. The molecule has 3 aromatic carbocycles. The highest BCUT2D eigenvalue weighted by Crippen LogP contribution is 2.32. The second kappa shape index (κ2) is 9.25. The highest BCUT2D eigenvalue weighted by molar-refractivity contribution is 6.05. The van der Waals surface area contributed by atoms with E-state index < -0.39 is 35.7 Å². The number of carbonyl (C=O) groups is 3. The number of nitrogens with one attached hydrogen (secondary N) is 1. The maximum Gasteiger partial charge on any atom is 0.417 e. The maximum atomic E-state index is 13.0. The Balaban J connectivity index is 1.60. The molecular formula is C23H16F3NO4. The summed E-state index contributed by atoms with van der Waals surface area (Å²) in [7, 11) is 0. The smallest absolute Gasteiger partial charge is 0.417 e. The lowest BCUT2D eigenvalue weighted by atomic mass is 10.1. The first kappa shape index (κ1) is 21.8. The van der Waals surface area contributed by atoms with Crippen molar-refractivity contribution >= 4 is 23.3 Å². The molecule has 0 unspecified atom stereocenters. The summed E-state index contributed by atoms with van der Waals surface area (Å²) < 4.78 is 43.8. The van der Waals surface area contributed by atoms with Crippen LogP contribution in [0.3, 0.4) is 0 Å². The molecule has 0 saturated carbocycles. The summed E-state index contributed by atoms with van der Waals surface area (Å²) in [6.07, 6.45) is -4.72. The van der Waals surface area contributed by atoms with E-state index in [1.807, 2.05) is 0 Å². The summed E-state index contributed by atoms with van der Waals surface area (Å²) in [5.74, 6) is -2.16. The van der Waals surface area contributed by atoms with E-state index in [9.17, 15) is 27.6 Å². The van der Waals surface area contributed by atoms with Crippen LogP contribution in [0.25, 0.3) is 0 Å². The zero-order chi connectivity index (χ0) is 22.4. The van der Waals surface area contributed by atoms with E-state index in [4.69, 9.17) is 4.74 Å². The predicted octanol–water partition coefficient (Wildman–Crippen LogP) is 5.00. The molecule has 3 rings (SSSR count). The van der Waals surface area contributed by atoms with Crippen molar-refractivity contribution in [2.75, 3.05) is 11.9 Å². The number of hydrogen-bond acceptors (Lipinski definition) is 4. The third-order valence-electron chi connectivity index (χ3n) is 4.29. The molecule has 0 bridgehead atoms. The Morgan fingerprint density at radius 3 is 2.03 bits per heavy atom. The molecule has 31 heavy (non-hydrogen) atoms. The number of rotatable bonds is 6. The summed E-state index contributed by atoms with van der Waals surface area (Å²) in [5.41, 5.74) is -0.711. The minimum atomic E-state index is -4.72. The number of carbonyl (C=O) groups excluding carboxylic acids is 3. The van der Waals surface area contributed by atoms with Crippen LogP contribution in [-0.2, 0) is 10.9 Å². The van der Waals surface area contributed by atoms with Gasteiger partial charge < -0.3 is 10.1 Å². The number of anilines is 1. The SMILES string of the molecule is O=C(COC(=O)c1ccccc1C(F)(F)F)c1ccc(NC(=O)c2ccccc2)cc1. The number of hydrogen-bond donors (Lipinski definition) is 1. The van der Waals surface area contributed by atoms with E-state index in [0.717, 1.165) is 18.2 Å². The Kier molecular flexibility index (Phi) is 6.49. The van der Waals surface area contributed by atoms with Gasteiger partial charge in [-0.2, -0.15) is 13.2 Å². The van der Waals surface area contributed by atoms with E-state index in [1.165, 1.54) is 30.3 Å². The minimum Gasteiger partial charge on any atom is -0.454 e. The average molecular weight is 427 g/mol. The molecule has 8 heteroatoms. The topological polar surface area (TPSA) is 72.5 Å². The van der Waals surface area contributed by atoms with Gasteiger partial charge >= 0.3 is 12.1 Å². The van der Waals surface area contributed by atoms with Crippen molar-refractivity contribution < 1.29 is 32.3 Å².